The van der Waals surface area contributed by atoms with Crippen molar-refractivity contribution in [2.45, 2.75) is 59.0 Å². The van der Waals surface area contributed by atoms with Crippen molar-refractivity contribution in [3.63, 3.8) is 0 Å². The molecule has 0 fully saturated rings. The van der Waals surface area contributed by atoms with Crippen molar-refractivity contribution in [3.8, 4) is 0 Å². The summed E-state index contributed by atoms with van der Waals surface area (Å²) in [5.41, 5.74) is 0.657. The molecule has 1 heterocycles. The molecule has 0 spiro atoms. The van der Waals surface area contributed by atoms with Crippen LogP contribution in [0.15, 0.2) is 64.2 Å². The summed E-state index contributed by atoms with van der Waals surface area (Å²) < 4.78 is 2.53. The van der Waals surface area contributed by atoms with Gasteiger partial charge in [0.15, 0.2) is 0 Å². The molecule has 2 N–H and O–H groups in total. The van der Waals surface area contributed by atoms with Crippen molar-refractivity contribution in [3.05, 3.63) is 81.0 Å². The summed E-state index contributed by atoms with van der Waals surface area (Å²) in [7, 11) is 0. The maximum atomic E-state index is 13.2. The Morgan fingerprint density at radius 2 is 1.53 bits per heavy atom. The molecule has 2 amide bonds. The van der Waals surface area contributed by atoms with Gasteiger partial charge >= 0.3 is 5.69 Å². The molecule has 0 saturated heterocycles. The van der Waals surface area contributed by atoms with Gasteiger partial charge in [0.25, 0.3) is 5.56 Å². The van der Waals surface area contributed by atoms with Crippen molar-refractivity contribution in [2.24, 2.45) is 5.92 Å². The van der Waals surface area contributed by atoms with Crippen molar-refractivity contribution in [2.75, 3.05) is 13.1 Å². The fourth-order valence-electron chi connectivity index (χ4n) is 4.06. The van der Waals surface area contributed by atoms with Gasteiger partial charge in [-0.25, -0.2) is 4.79 Å². The van der Waals surface area contributed by atoms with Crippen LogP contribution in [0.5, 0.6) is 0 Å². The molecular weight excluding hydrogens is 456 g/mol. The summed E-state index contributed by atoms with van der Waals surface area (Å²) in [4.78, 5) is 50.9. The largest absolute Gasteiger partial charge is 0.356 e. The third kappa shape index (κ3) is 7.66. The molecule has 0 aliphatic carbocycles. The summed E-state index contributed by atoms with van der Waals surface area (Å²) in [6.45, 7) is 5.33. The number of benzene rings is 2. The minimum atomic E-state index is -0.515. The Labute approximate surface area is 211 Å². The predicted octanol–water partition coefficient (Wildman–Crippen LogP) is 2.85. The molecule has 0 aliphatic rings. The number of hydrogen-bond acceptors (Lipinski definition) is 4. The lowest BCUT2D eigenvalue weighted by molar-refractivity contribution is -0.122. The first-order valence-electron chi connectivity index (χ1n) is 12.7. The minimum absolute atomic E-state index is 0.0221. The number of carbonyl (C=O) groups excluding carboxylic acids is 2. The molecular formula is C28H36N4O4. The van der Waals surface area contributed by atoms with Gasteiger partial charge in [-0.2, -0.15) is 0 Å². The highest BCUT2D eigenvalue weighted by Gasteiger charge is 2.15. The van der Waals surface area contributed by atoms with Crippen LogP contribution < -0.4 is 21.9 Å². The lowest BCUT2D eigenvalue weighted by Gasteiger charge is -2.14. The molecule has 0 saturated carbocycles. The minimum Gasteiger partial charge on any atom is -0.356 e. The third-order valence-corrected chi connectivity index (χ3v) is 6.09. The summed E-state index contributed by atoms with van der Waals surface area (Å²) in [5, 5.41) is 6.15. The van der Waals surface area contributed by atoms with Crippen LogP contribution in [0.1, 0.15) is 45.1 Å². The van der Waals surface area contributed by atoms with Gasteiger partial charge in [-0.3, -0.25) is 23.5 Å². The Balaban J connectivity index is 1.65. The van der Waals surface area contributed by atoms with E-state index in [1.54, 1.807) is 24.3 Å². The number of carbonyl (C=O) groups is 2. The van der Waals surface area contributed by atoms with E-state index in [1.807, 2.05) is 30.3 Å². The lowest BCUT2D eigenvalue weighted by atomic mass is 10.1. The van der Waals surface area contributed by atoms with Crippen molar-refractivity contribution in [1.82, 2.24) is 19.8 Å². The maximum Gasteiger partial charge on any atom is 0.331 e. The summed E-state index contributed by atoms with van der Waals surface area (Å²) in [5.74, 6) is 0.214. The molecule has 192 valence electrons. The number of fused-ring (bicyclic) bond motifs is 1. The monoisotopic (exact) mass is 492 g/mol. The van der Waals surface area contributed by atoms with Crippen molar-refractivity contribution < 1.29 is 9.59 Å². The Hall–Kier alpha value is -3.68. The van der Waals surface area contributed by atoms with E-state index in [9.17, 15) is 19.2 Å². The first kappa shape index (κ1) is 26.9. The van der Waals surface area contributed by atoms with Gasteiger partial charge in [0.05, 0.1) is 10.9 Å². The molecule has 8 nitrogen and oxygen atoms in total. The second-order valence-electron chi connectivity index (χ2n) is 9.42. The van der Waals surface area contributed by atoms with Crippen LogP contribution >= 0.6 is 0 Å². The Kier molecular flexibility index (Phi) is 10.0. The number of para-hydroxylation sites is 1. The molecule has 2 aromatic carbocycles. The van der Waals surface area contributed by atoms with Crippen LogP contribution in [0.2, 0.25) is 0 Å². The highest BCUT2D eigenvalue weighted by molar-refractivity contribution is 5.81. The Morgan fingerprint density at radius 1 is 0.833 bits per heavy atom. The van der Waals surface area contributed by atoms with E-state index in [0.29, 0.717) is 55.6 Å². The van der Waals surface area contributed by atoms with Gasteiger partial charge in [0, 0.05) is 26.1 Å². The first-order valence-corrected chi connectivity index (χ1v) is 12.7. The average molecular weight is 493 g/mol. The van der Waals surface area contributed by atoms with E-state index in [0.717, 1.165) is 12.0 Å². The zero-order chi connectivity index (χ0) is 25.9. The highest BCUT2D eigenvalue weighted by Crippen LogP contribution is 2.08. The van der Waals surface area contributed by atoms with E-state index >= 15 is 0 Å². The van der Waals surface area contributed by atoms with Crippen LogP contribution in [0, 0.1) is 5.92 Å². The number of aromatic nitrogens is 2. The number of amides is 2. The van der Waals surface area contributed by atoms with E-state index in [4.69, 9.17) is 0 Å². The molecule has 0 unspecified atom stereocenters. The average Bonchev–Trinajstić information content (AvgIpc) is 2.86. The third-order valence-electron chi connectivity index (χ3n) is 6.09. The van der Waals surface area contributed by atoms with Crippen LogP contribution in [0.3, 0.4) is 0 Å². The van der Waals surface area contributed by atoms with Crippen LogP contribution in [-0.2, 0) is 29.1 Å². The van der Waals surface area contributed by atoms with E-state index in [1.165, 1.54) is 9.13 Å². The zero-order valence-corrected chi connectivity index (χ0v) is 21.2. The van der Waals surface area contributed by atoms with Crippen molar-refractivity contribution >= 4 is 22.7 Å². The number of nitrogens with zero attached hydrogens (tertiary/aromatic N) is 2. The van der Waals surface area contributed by atoms with Gasteiger partial charge in [-0.15, -0.1) is 0 Å². The molecule has 8 heteroatoms. The summed E-state index contributed by atoms with van der Waals surface area (Å²) in [6, 6.07) is 16.7. The number of hydrogen-bond donors (Lipinski definition) is 2. The van der Waals surface area contributed by atoms with Crippen LogP contribution in [0.4, 0.5) is 0 Å². The smallest absolute Gasteiger partial charge is 0.331 e. The second-order valence-corrected chi connectivity index (χ2v) is 9.42. The topological polar surface area (TPSA) is 102 Å². The van der Waals surface area contributed by atoms with Crippen LogP contribution in [0.25, 0.3) is 10.9 Å². The number of rotatable bonds is 13. The Bertz CT molecular complexity index is 1280. The highest BCUT2D eigenvalue weighted by atomic mass is 16.2. The number of unbranched alkanes of at least 4 members (excludes halogenated alkanes) is 1. The first-order chi connectivity index (χ1) is 17.4. The van der Waals surface area contributed by atoms with Crippen LogP contribution in [-0.4, -0.2) is 34.0 Å². The van der Waals surface area contributed by atoms with Gasteiger partial charge in [0.1, 0.15) is 6.54 Å². The second kappa shape index (κ2) is 13.4. The van der Waals surface area contributed by atoms with E-state index in [-0.39, 0.29) is 30.5 Å². The SMILES string of the molecule is CC(C)CCNC(=O)CCCCn1c(=O)c2ccccc2n(CC(=O)NCCc2ccccc2)c1=O. The summed E-state index contributed by atoms with van der Waals surface area (Å²) in [6.07, 6.45) is 3.03. The fourth-order valence-corrected chi connectivity index (χ4v) is 4.06. The maximum absolute atomic E-state index is 13.2. The van der Waals surface area contributed by atoms with E-state index in [2.05, 4.69) is 24.5 Å². The zero-order valence-electron chi connectivity index (χ0n) is 21.2. The van der Waals surface area contributed by atoms with Crippen molar-refractivity contribution in [1.29, 1.82) is 0 Å². The standard InChI is InChI=1S/C28H36N4O4/c1-21(2)15-17-29-25(33)14-8-9-19-31-27(35)23-12-6-7-13-24(23)32(28(31)36)20-26(34)30-18-16-22-10-4-3-5-11-22/h3-7,10-13,21H,8-9,14-20H2,1-2H3,(H,29,33)(H,30,34). The quantitative estimate of drug-likeness (QED) is 0.358. The molecule has 0 radical (unpaired) electrons. The molecule has 3 aromatic rings. The molecule has 3 rings (SSSR count). The molecule has 0 atom stereocenters. The summed E-state index contributed by atoms with van der Waals surface area (Å²) >= 11 is 0. The normalized spacial score (nSPS) is 11.1. The molecule has 0 bridgehead atoms. The fraction of sp³-hybridized carbons (Fsp3) is 0.429. The van der Waals surface area contributed by atoms with Gasteiger partial charge in [-0.1, -0.05) is 56.3 Å². The van der Waals surface area contributed by atoms with Gasteiger partial charge in [0.2, 0.25) is 11.8 Å². The van der Waals surface area contributed by atoms with Gasteiger partial charge in [-0.05, 0) is 49.3 Å². The Morgan fingerprint density at radius 3 is 2.28 bits per heavy atom. The van der Waals surface area contributed by atoms with E-state index < -0.39 is 5.69 Å². The molecule has 36 heavy (non-hydrogen) atoms. The molecule has 1 aromatic heterocycles. The number of nitrogens with one attached hydrogen (secondary N) is 2. The lowest BCUT2D eigenvalue weighted by Crippen LogP contribution is -2.43. The predicted molar refractivity (Wildman–Crippen MR) is 142 cm³/mol. The molecule has 0 aliphatic heterocycles. The van der Waals surface area contributed by atoms with Gasteiger partial charge < -0.3 is 10.6 Å².